The molecule has 1 fully saturated rings. The number of halogens is 1. The lowest BCUT2D eigenvalue weighted by atomic mass is 9.97. The molecule has 6 nitrogen and oxygen atoms in total. The van der Waals surface area contributed by atoms with Gasteiger partial charge in [0.15, 0.2) is 0 Å². The fourth-order valence-corrected chi connectivity index (χ4v) is 4.70. The molecule has 4 rings (SSSR count). The van der Waals surface area contributed by atoms with E-state index in [2.05, 4.69) is 51.0 Å². The Morgan fingerprint density at radius 1 is 1.14 bits per heavy atom. The lowest BCUT2D eigenvalue weighted by molar-refractivity contribution is -0.125. The number of nitrogens with one attached hydrogen (secondary N) is 1. The minimum atomic E-state index is -0.273. The van der Waals surface area contributed by atoms with Crippen LogP contribution in [0, 0.1) is 25.6 Å². The molecule has 8 heteroatoms. The van der Waals surface area contributed by atoms with Crippen LogP contribution in [-0.4, -0.2) is 33.8 Å². The molecule has 0 bridgehead atoms. The smallest absolute Gasteiger partial charge is 0.225 e. The molecule has 2 aromatic heterocycles. The van der Waals surface area contributed by atoms with Gasteiger partial charge in [0, 0.05) is 31.0 Å². The van der Waals surface area contributed by atoms with Gasteiger partial charge in [0.25, 0.3) is 0 Å². The Labute approximate surface area is 173 Å². The first-order chi connectivity index (χ1) is 14.0. The number of nitrogens with zero attached hydrogens (tertiary/aromatic N) is 4. The van der Waals surface area contributed by atoms with Crippen LogP contribution in [0.1, 0.15) is 29.8 Å². The van der Waals surface area contributed by atoms with Gasteiger partial charge in [-0.2, -0.15) is 0 Å². The Bertz CT molecular complexity index is 977. The van der Waals surface area contributed by atoms with Crippen LogP contribution < -0.4 is 10.2 Å². The standard InChI is InChI=1S/C21H24FN5OS/c1-14-5-6-15(2)27(14)21-25-24-20(29-21)26-11-3-4-17(13-26)19(28)23-12-16-7-9-18(22)10-8-16/h5-10,17H,3-4,11-13H2,1-2H3,(H,23,28)/t17-/m0/s1. The van der Waals surface area contributed by atoms with E-state index in [1.807, 2.05) is 0 Å². The van der Waals surface area contributed by atoms with E-state index in [1.54, 1.807) is 23.5 Å². The molecule has 152 valence electrons. The third-order valence-corrected chi connectivity index (χ3v) is 6.28. The number of carbonyl (C=O) groups excluding carboxylic acids is 1. The molecule has 1 atom stereocenters. The van der Waals surface area contributed by atoms with Crippen molar-refractivity contribution >= 4 is 22.4 Å². The van der Waals surface area contributed by atoms with E-state index in [4.69, 9.17) is 0 Å². The Balaban J connectivity index is 1.39. The molecule has 1 aromatic carbocycles. The van der Waals surface area contributed by atoms with Crippen LogP contribution in [0.2, 0.25) is 0 Å². The summed E-state index contributed by atoms with van der Waals surface area (Å²) < 4.78 is 15.1. The molecule has 0 radical (unpaired) electrons. The highest BCUT2D eigenvalue weighted by Crippen LogP contribution is 2.29. The van der Waals surface area contributed by atoms with Crippen LogP contribution >= 0.6 is 11.3 Å². The third-order valence-electron chi connectivity index (χ3n) is 5.31. The molecule has 1 amide bonds. The summed E-state index contributed by atoms with van der Waals surface area (Å²) in [5.74, 6) is -0.336. The van der Waals surface area contributed by atoms with Crippen molar-refractivity contribution in [1.82, 2.24) is 20.1 Å². The van der Waals surface area contributed by atoms with E-state index in [-0.39, 0.29) is 17.6 Å². The molecular weight excluding hydrogens is 389 g/mol. The predicted molar refractivity (Wildman–Crippen MR) is 112 cm³/mol. The van der Waals surface area contributed by atoms with E-state index in [0.717, 1.165) is 46.6 Å². The Hall–Kier alpha value is -2.74. The molecule has 0 aliphatic carbocycles. The summed E-state index contributed by atoms with van der Waals surface area (Å²) in [4.78, 5) is 14.8. The van der Waals surface area contributed by atoms with Gasteiger partial charge in [-0.05, 0) is 56.5 Å². The van der Waals surface area contributed by atoms with E-state index < -0.39 is 0 Å². The zero-order valence-electron chi connectivity index (χ0n) is 16.6. The molecule has 0 saturated carbocycles. The number of benzene rings is 1. The number of hydrogen-bond acceptors (Lipinski definition) is 5. The van der Waals surface area contributed by atoms with Crippen molar-refractivity contribution in [3.8, 4) is 5.13 Å². The third kappa shape index (κ3) is 4.32. The van der Waals surface area contributed by atoms with Gasteiger partial charge >= 0.3 is 0 Å². The maximum Gasteiger partial charge on any atom is 0.225 e. The summed E-state index contributed by atoms with van der Waals surface area (Å²) in [5, 5.41) is 13.4. The van der Waals surface area contributed by atoms with Crippen LogP contribution in [0.15, 0.2) is 36.4 Å². The van der Waals surface area contributed by atoms with Crippen LogP contribution in [0.4, 0.5) is 9.52 Å². The summed E-state index contributed by atoms with van der Waals surface area (Å²) >= 11 is 1.55. The van der Waals surface area contributed by atoms with Crippen LogP contribution in [0.5, 0.6) is 0 Å². The number of rotatable bonds is 5. The van der Waals surface area contributed by atoms with Gasteiger partial charge in [-0.1, -0.05) is 23.5 Å². The number of amides is 1. The Kier molecular flexibility index (Phi) is 5.62. The molecule has 0 spiro atoms. The minimum absolute atomic E-state index is 0.0286. The molecule has 0 unspecified atom stereocenters. The Morgan fingerprint density at radius 2 is 1.83 bits per heavy atom. The zero-order chi connectivity index (χ0) is 20.4. The van der Waals surface area contributed by atoms with E-state index >= 15 is 0 Å². The average molecular weight is 414 g/mol. The molecule has 3 aromatic rings. The Morgan fingerprint density at radius 3 is 2.55 bits per heavy atom. The quantitative estimate of drug-likeness (QED) is 0.694. The van der Waals surface area contributed by atoms with Crippen molar-refractivity contribution in [3.63, 3.8) is 0 Å². The van der Waals surface area contributed by atoms with Crippen molar-refractivity contribution in [2.45, 2.75) is 33.2 Å². The van der Waals surface area contributed by atoms with Gasteiger partial charge < -0.3 is 10.2 Å². The first-order valence-electron chi connectivity index (χ1n) is 9.77. The molecule has 1 N–H and O–H groups in total. The number of carbonyl (C=O) groups is 1. The first-order valence-corrected chi connectivity index (χ1v) is 10.6. The maximum atomic E-state index is 13.0. The van der Waals surface area contributed by atoms with Gasteiger partial charge in [-0.25, -0.2) is 4.39 Å². The van der Waals surface area contributed by atoms with Gasteiger partial charge in [0.05, 0.1) is 5.92 Å². The summed E-state index contributed by atoms with van der Waals surface area (Å²) in [6, 6.07) is 10.3. The molecular formula is C21H24FN5OS. The zero-order valence-corrected chi connectivity index (χ0v) is 17.4. The maximum absolute atomic E-state index is 13.0. The predicted octanol–water partition coefficient (Wildman–Crippen LogP) is 3.62. The lowest BCUT2D eigenvalue weighted by Crippen LogP contribution is -2.43. The second-order valence-corrected chi connectivity index (χ2v) is 8.38. The highest BCUT2D eigenvalue weighted by atomic mass is 32.1. The largest absolute Gasteiger partial charge is 0.352 e. The number of aryl methyl sites for hydroxylation is 2. The minimum Gasteiger partial charge on any atom is -0.352 e. The van der Waals surface area contributed by atoms with Crippen molar-refractivity contribution < 1.29 is 9.18 Å². The van der Waals surface area contributed by atoms with Gasteiger partial charge in [-0.3, -0.25) is 9.36 Å². The fraction of sp³-hybridized carbons (Fsp3) is 0.381. The summed E-state index contributed by atoms with van der Waals surface area (Å²) in [5.41, 5.74) is 3.14. The SMILES string of the molecule is Cc1ccc(C)n1-c1nnc(N2CCC[C@H](C(=O)NCc3ccc(F)cc3)C2)s1. The van der Waals surface area contributed by atoms with Gasteiger partial charge in [0.1, 0.15) is 5.82 Å². The van der Waals surface area contributed by atoms with Crippen LogP contribution in [0.25, 0.3) is 5.13 Å². The molecule has 1 aliphatic heterocycles. The topological polar surface area (TPSA) is 63.1 Å². The van der Waals surface area contributed by atoms with Crippen molar-refractivity contribution in [3.05, 3.63) is 59.2 Å². The van der Waals surface area contributed by atoms with Crippen molar-refractivity contribution in [2.75, 3.05) is 18.0 Å². The molecule has 3 heterocycles. The number of anilines is 1. The van der Waals surface area contributed by atoms with E-state index in [0.29, 0.717) is 13.1 Å². The number of hydrogen-bond donors (Lipinski definition) is 1. The van der Waals surface area contributed by atoms with Crippen LogP contribution in [-0.2, 0) is 11.3 Å². The summed E-state index contributed by atoms with van der Waals surface area (Å²) in [6.07, 6.45) is 1.79. The monoisotopic (exact) mass is 413 g/mol. The first kappa shape index (κ1) is 19.6. The van der Waals surface area contributed by atoms with Crippen LogP contribution in [0.3, 0.4) is 0 Å². The molecule has 29 heavy (non-hydrogen) atoms. The van der Waals surface area contributed by atoms with E-state index in [1.165, 1.54) is 12.1 Å². The second-order valence-electron chi connectivity index (χ2n) is 7.45. The summed E-state index contributed by atoms with van der Waals surface area (Å²) in [6.45, 7) is 6.02. The molecule has 1 saturated heterocycles. The molecule has 1 aliphatic rings. The highest BCUT2D eigenvalue weighted by molar-refractivity contribution is 7.17. The number of aromatic nitrogens is 3. The highest BCUT2D eigenvalue weighted by Gasteiger charge is 2.27. The summed E-state index contributed by atoms with van der Waals surface area (Å²) in [7, 11) is 0. The normalized spacial score (nSPS) is 16.8. The fourth-order valence-electron chi connectivity index (χ4n) is 3.70. The lowest BCUT2D eigenvalue weighted by Gasteiger charge is -2.31. The van der Waals surface area contributed by atoms with Crippen molar-refractivity contribution in [1.29, 1.82) is 0 Å². The number of piperidine rings is 1. The van der Waals surface area contributed by atoms with E-state index in [9.17, 15) is 9.18 Å². The van der Waals surface area contributed by atoms with Crippen molar-refractivity contribution in [2.24, 2.45) is 5.92 Å². The second kappa shape index (κ2) is 8.32. The van der Waals surface area contributed by atoms with Gasteiger partial charge in [0.2, 0.25) is 16.2 Å². The van der Waals surface area contributed by atoms with Gasteiger partial charge in [-0.15, -0.1) is 10.2 Å². The average Bonchev–Trinajstić information content (AvgIpc) is 3.33.